The molecule has 3 rings (SSSR count). The summed E-state index contributed by atoms with van der Waals surface area (Å²) in [6.45, 7) is 5.76. The van der Waals surface area contributed by atoms with Gasteiger partial charge in [-0.15, -0.1) is 0 Å². The number of benzene rings is 2. The Labute approximate surface area is 153 Å². The van der Waals surface area contributed by atoms with E-state index in [1.165, 1.54) is 0 Å². The van der Waals surface area contributed by atoms with Crippen molar-refractivity contribution in [1.29, 1.82) is 0 Å². The van der Waals surface area contributed by atoms with Crippen molar-refractivity contribution in [2.45, 2.75) is 44.9 Å². The van der Waals surface area contributed by atoms with Crippen LogP contribution >= 0.6 is 11.6 Å². The fourth-order valence-electron chi connectivity index (χ4n) is 3.00. The molecule has 0 radical (unpaired) electrons. The molecule has 132 valence electrons. The van der Waals surface area contributed by atoms with Gasteiger partial charge in [0.15, 0.2) is 6.10 Å². The number of halogens is 1. The van der Waals surface area contributed by atoms with Crippen LogP contribution in [0.1, 0.15) is 38.8 Å². The van der Waals surface area contributed by atoms with Crippen LogP contribution in [-0.4, -0.2) is 17.6 Å². The molecule has 0 bridgehead atoms. The number of carbonyl (C=O) groups is 1. The maximum Gasteiger partial charge on any atom is 0.261 e. The smallest absolute Gasteiger partial charge is 0.261 e. The number of hydrogen-bond acceptors (Lipinski definition) is 3. The van der Waals surface area contributed by atoms with Crippen molar-refractivity contribution in [3.63, 3.8) is 0 Å². The third kappa shape index (κ3) is 4.07. The quantitative estimate of drug-likeness (QED) is 0.872. The highest BCUT2D eigenvalue weighted by Crippen LogP contribution is 2.39. The zero-order chi connectivity index (χ0) is 18.0. The second kappa shape index (κ2) is 6.96. The second-order valence-electron chi connectivity index (χ2n) is 6.86. The molecule has 1 N–H and O–H groups in total. The van der Waals surface area contributed by atoms with E-state index in [0.29, 0.717) is 17.2 Å². The van der Waals surface area contributed by atoms with Gasteiger partial charge in [0.25, 0.3) is 5.91 Å². The molecule has 2 atom stereocenters. The lowest BCUT2D eigenvalue weighted by Crippen LogP contribution is -2.44. The molecule has 25 heavy (non-hydrogen) atoms. The number of amides is 1. The monoisotopic (exact) mass is 359 g/mol. The lowest BCUT2D eigenvalue weighted by molar-refractivity contribution is -0.128. The predicted octanol–water partition coefficient (Wildman–Crippen LogP) is 4.53. The van der Waals surface area contributed by atoms with Crippen LogP contribution < -0.4 is 14.8 Å². The molecule has 0 saturated heterocycles. The maximum atomic E-state index is 12.6. The Kier molecular flexibility index (Phi) is 4.91. The Morgan fingerprint density at radius 1 is 1.24 bits per heavy atom. The topological polar surface area (TPSA) is 47.6 Å². The van der Waals surface area contributed by atoms with Gasteiger partial charge >= 0.3 is 0 Å². The van der Waals surface area contributed by atoms with Gasteiger partial charge < -0.3 is 14.8 Å². The molecule has 1 aliphatic rings. The van der Waals surface area contributed by atoms with Gasteiger partial charge in [-0.25, -0.2) is 0 Å². The molecular weight excluding hydrogens is 338 g/mol. The van der Waals surface area contributed by atoms with E-state index < -0.39 is 6.10 Å². The second-order valence-corrected chi connectivity index (χ2v) is 7.26. The van der Waals surface area contributed by atoms with Crippen LogP contribution in [0.15, 0.2) is 48.5 Å². The molecule has 0 spiro atoms. The number of hydrogen-bond donors (Lipinski definition) is 1. The van der Waals surface area contributed by atoms with Gasteiger partial charge in [0, 0.05) is 12.0 Å². The Hall–Kier alpha value is -2.20. The molecule has 1 heterocycles. The SMILES string of the molecule is C[C@H](Oc1ccccc1Cl)C(=O)N[C@@H]1CC(C)(C)Oc2ccccc21. The van der Waals surface area contributed by atoms with E-state index in [2.05, 4.69) is 5.32 Å². The van der Waals surface area contributed by atoms with Crippen molar-refractivity contribution in [2.24, 2.45) is 0 Å². The number of para-hydroxylation sites is 2. The maximum absolute atomic E-state index is 12.6. The van der Waals surface area contributed by atoms with Crippen LogP contribution in [0.4, 0.5) is 0 Å². The van der Waals surface area contributed by atoms with E-state index in [9.17, 15) is 4.79 Å². The average Bonchev–Trinajstić information content (AvgIpc) is 2.55. The standard InChI is InChI=1S/C20H22ClNO3/c1-13(24-18-11-7-5-9-15(18)21)19(23)22-16-12-20(2,3)25-17-10-6-4-8-14(16)17/h4-11,13,16H,12H2,1-3H3,(H,22,23)/t13-,16+/m0/s1. The summed E-state index contributed by atoms with van der Waals surface area (Å²) >= 11 is 6.10. The van der Waals surface area contributed by atoms with Gasteiger partial charge in [-0.3, -0.25) is 4.79 Å². The highest BCUT2D eigenvalue weighted by molar-refractivity contribution is 6.32. The molecule has 0 fully saturated rings. The Morgan fingerprint density at radius 3 is 2.68 bits per heavy atom. The Bertz CT molecular complexity index is 775. The summed E-state index contributed by atoms with van der Waals surface area (Å²) in [4.78, 5) is 12.6. The summed E-state index contributed by atoms with van der Waals surface area (Å²) in [5.74, 6) is 1.13. The van der Waals surface area contributed by atoms with E-state index in [1.807, 2.05) is 50.2 Å². The van der Waals surface area contributed by atoms with Gasteiger partial charge in [-0.2, -0.15) is 0 Å². The molecule has 2 aromatic carbocycles. The van der Waals surface area contributed by atoms with Crippen molar-refractivity contribution in [1.82, 2.24) is 5.32 Å². The highest BCUT2D eigenvalue weighted by atomic mass is 35.5. The summed E-state index contributed by atoms with van der Waals surface area (Å²) in [5.41, 5.74) is 0.638. The molecule has 1 amide bonds. The van der Waals surface area contributed by atoms with E-state index >= 15 is 0 Å². The van der Waals surface area contributed by atoms with Crippen molar-refractivity contribution in [3.05, 3.63) is 59.1 Å². The van der Waals surface area contributed by atoms with Gasteiger partial charge in [0.05, 0.1) is 11.1 Å². The van der Waals surface area contributed by atoms with E-state index in [0.717, 1.165) is 11.3 Å². The fraction of sp³-hybridized carbons (Fsp3) is 0.350. The van der Waals surface area contributed by atoms with E-state index in [4.69, 9.17) is 21.1 Å². The number of fused-ring (bicyclic) bond motifs is 1. The van der Waals surface area contributed by atoms with Gasteiger partial charge in [0.2, 0.25) is 0 Å². The van der Waals surface area contributed by atoms with Crippen LogP contribution in [0.2, 0.25) is 5.02 Å². The normalized spacial score (nSPS) is 19.3. The van der Waals surface area contributed by atoms with Crippen LogP contribution in [0.25, 0.3) is 0 Å². The zero-order valence-corrected chi connectivity index (χ0v) is 15.3. The lowest BCUT2D eigenvalue weighted by atomic mass is 9.89. The van der Waals surface area contributed by atoms with Crippen molar-refractivity contribution in [3.8, 4) is 11.5 Å². The molecule has 2 aromatic rings. The van der Waals surface area contributed by atoms with Crippen LogP contribution in [0.3, 0.4) is 0 Å². The zero-order valence-electron chi connectivity index (χ0n) is 14.6. The summed E-state index contributed by atoms with van der Waals surface area (Å²) in [6, 6.07) is 14.8. The Morgan fingerprint density at radius 2 is 1.92 bits per heavy atom. The first-order chi connectivity index (χ1) is 11.9. The first kappa shape index (κ1) is 17.6. The summed E-state index contributed by atoms with van der Waals surface area (Å²) < 4.78 is 11.7. The number of carbonyl (C=O) groups excluding carboxylic acids is 1. The van der Waals surface area contributed by atoms with Crippen molar-refractivity contribution >= 4 is 17.5 Å². The molecule has 0 aromatic heterocycles. The number of nitrogens with one attached hydrogen (secondary N) is 1. The minimum atomic E-state index is -0.655. The van der Waals surface area contributed by atoms with E-state index in [-0.39, 0.29) is 17.6 Å². The van der Waals surface area contributed by atoms with E-state index in [1.54, 1.807) is 19.1 Å². The molecule has 0 saturated carbocycles. The van der Waals surface area contributed by atoms with Crippen LogP contribution in [0, 0.1) is 0 Å². The molecule has 1 aliphatic heterocycles. The average molecular weight is 360 g/mol. The third-order valence-electron chi connectivity index (χ3n) is 4.20. The van der Waals surface area contributed by atoms with Crippen LogP contribution in [-0.2, 0) is 4.79 Å². The first-order valence-electron chi connectivity index (χ1n) is 8.35. The number of rotatable bonds is 4. The van der Waals surface area contributed by atoms with Gasteiger partial charge in [-0.05, 0) is 39.0 Å². The summed E-state index contributed by atoms with van der Waals surface area (Å²) in [7, 11) is 0. The van der Waals surface area contributed by atoms with Crippen LogP contribution in [0.5, 0.6) is 11.5 Å². The lowest BCUT2D eigenvalue weighted by Gasteiger charge is -2.38. The van der Waals surface area contributed by atoms with Gasteiger partial charge in [0.1, 0.15) is 17.1 Å². The predicted molar refractivity (Wildman–Crippen MR) is 98.2 cm³/mol. The minimum absolute atomic E-state index is 0.121. The fourth-order valence-corrected chi connectivity index (χ4v) is 3.18. The molecular formula is C20H22ClNO3. The molecule has 4 nitrogen and oxygen atoms in total. The van der Waals surface area contributed by atoms with Gasteiger partial charge in [-0.1, -0.05) is 41.9 Å². The van der Waals surface area contributed by atoms with Crippen molar-refractivity contribution < 1.29 is 14.3 Å². The summed E-state index contributed by atoms with van der Waals surface area (Å²) in [6.07, 6.45) is 0.0344. The first-order valence-corrected chi connectivity index (χ1v) is 8.73. The molecule has 0 unspecified atom stereocenters. The Balaban J connectivity index is 1.73. The number of ether oxygens (including phenoxy) is 2. The van der Waals surface area contributed by atoms with Crippen molar-refractivity contribution in [2.75, 3.05) is 0 Å². The largest absolute Gasteiger partial charge is 0.487 e. The molecule has 5 heteroatoms. The minimum Gasteiger partial charge on any atom is -0.487 e. The third-order valence-corrected chi connectivity index (χ3v) is 4.51. The highest BCUT2D eigenvalue weighted by Gasteiger charge is 2.35. The molecule has 0 aliphatic carbocycles. The summed E-state index contributed by atoms with van der Waals surface area (Å²) in [5, 5.41) is 3.57.